The molecule has 0 saturated carbocycles. The standard InChI is InChI=1S/C10H9NO3/c12-6-11-4-3-8-1-2-9-10(5-8)14-7-13-9/h1-2,5H,3-4,7H2. The third kappa shape index (κ3) is 1.75. The molecule has 0 saturated heterocycles. The van der Waals surface area contributed by atoms with Crippen LogP contribution in [0, 0.1) is 0 Å². The molecule has 1 heterocycles. The number of aliphatic imine (C=N–C) groups is 1. The van der Waals surface area contributed by atoms with E-state index in [9.17, 15) is 4.79 Å². The highest BCUT2D eigenvalue weighted by Gasteiger charge is 2.12. The van der Waals surface area contributed by atoms with Crippen LogP contribution in [0.2, 0.25) is 0 Å². The van der Waals surface area contributed by atoms with Crippen LogP contribution in [0.1, 0.15) is 5.56 Å². The summed E-state index contributed by atoms with van der Waals surface area (Å²) in [6.45, 7) is 0.744. The van der Waals surface area contributed by atoms with Crippen molar-refractivity contribution in [2.45, 2.75) is 6.42 Å². The van der Waals surface area contributed by atoms with Crippen molar-refractivity contribution in [1.29, 1.82) is 0 Å². The second-order valence-electron chi connectivity index (χ2n) is 2.91. The van der Waals surface area contributed by atoms with Gasteiger partial charge in [-0.2, -0.15) is 0 Å². The number of hydrogen-bond donors (Lipinski definition) is 0. The molecule has 1 aliphatic heterocycles. The van der Waals surface area contributed by atoms with E-state index < -0.39 is 0 Å². The first-order valence-corrected chi connectivity index (χ1v) is 4.32. The van der Waals surface area contributed by atoms with Gasteiger partial charge in [0.15, 0.2) is 11.5 Å². The van der Waals surface area contributed by atoms with Crippen LogP contribution in [-0.2, 0) is 11.2 Å². The van der Waals surface area contributed by atoms with Crippen LogP contribution in [0.3, 0.4) is 0 Å². The fraction of sp³-hybridized carbons (Fsp3) is 0.300. The van der Waals surface area contributed by atoms with E-state index in [1.54, 1.807) is 0 Å². The van der Waals surface area contributed by atoms with Crippen molar-refractivity contribution in [3.05, 3.63) is 23.8 Å². The van der Waals surface area contributed by atoms with E-state index in [-0.39, 0.29) is 6.79 Å². The molecule has 0 aliphatic carbocycles. The maximum absolute atomic E-state index is 9.85. The number of carbonyl (C=O) groups excluding carboxylic acids is 1. The molecule has 1 aliphatic rings. The summed E-state index contributed by atoms with van der Waals surface area (Å²) in [5, 5.41) is 0. The Labute approximate surface area is 81.2 Å². The molecule has 0 aromatic heterocycles. The summed E-state index contributed by atoms with van der Waals surface area (Å²) in [6, 6.07) is 5.71. The molecule has 14 heavy (non-hydrogen) atoms. The Kier molecular flexibility index (Phi) is 2.47. The average Bonchev–Trinajstić information content (AvgIpc) is 2.65. The molecule has 0 unspecified atom stereocenters. The fourth-order valence-corrected chi connectivity index (χ4v) is 1.33. The highest BCUT2D eigenvalue weighted by atomic mass is 16.7. The SMILES string of the molecule is O=C=NCCc1ccc2c(c1)OCO2. The second kappa shape index (κ2) is 3.94. The lowest BCUT2D eigenvalue weighted by molar-refractivity contribution is 0.174. The number of rotatable bonds is 3. The van der Waals surface area contributed by atoms with Gasteiger partial charge in [0.05, 0.1) is 6.54 Å². The molecule has 72 valence electrons. The molecule has 0 N–H and O–H groups in total. The molecule has 0 radical (unpaired) electrons. The van der Waals surface area contributed by atoms with Crippen LogP contribution in [0.5, 0.6) is 11.5 Å². The smallest absolute Gasteiger partial charge is 0.234 e. The molecule has 0 amide bonds. The summed E-state index contributed by atoms with van der Waals surface area (Å²) in [6.07, 6.45) is 2.22. The van der Waals surface area contributed by atoms with Crippen LogP contribution >= 0.6 is 0 Å². The van der Waals surface area contributed by atoms with Gasteiger partial charge in [-0.3, -0.25) is 0 Å². The number of nitrogens with zero attached hydrogens (tertiary/aromatic N) is 1. The van der Waals surface area contributed by atoms with Crippen LogP contribution in [-0.4, -0.2) is 19.4 Å². The van der Waals surface area contributed by atoms with E-state index in [1.165, 1.54) is 6.08 Å². The van der Waals surface area contributed by atoms with Crippen LogP contribution < -0.4 is 9.47 Å². The largest absolute Gasteiger partial charge is 0.454 e. The van der Waals surface area contributed by atoms with Gasteiger partial charge in [0.2, 0.25) is 12.9 Å². The van der Waals surface area contributed by atoms with E-state index >= 15 is 0 Å². The number of hydrogen-bond acceptors (Lipinski definition) is 4. The first kappa shape index (κ1) is 8.78. The summed E-state index contributed by atoms with van der Waals surface area (Å²) >= 11 is 0. The Morgan fingerprint density at radius 2 is 2.21 bits per heavy atom. The lowest BCUT2D eigenvalue weighted by atomic mass is 10.1. The van der Waals surface area contributed by atoms with Gasteiger partial charge >= 0.3 is 0 Å². The lowest BCUT2D eigenvalue weighted by Crippen LogP contribution is -1.93. The minimum atomic E-state index is 0.283. The predicted molar refractivity (Wildman–Crippen MR) is 49.3 cm³/mol. The molecule has 0 bridgehead atoms. The first-order valence-electron chi connectivity index (χ1n) is 4.32. The van der Waals surface area contributed by atoms with E-state index in [0.29, 0.717) is 13.0 Å². The highest BCUT2D eigenvalue weighted by molar-refractivity contribution is 5.44. The van der Waals surface area contributed by atoms with Gasteiger partial charge in [-0.1, -0.05) is 6.07 Å². The monoisotopic (exact) mass is 191 g/mol. The quantitative estimate of drug-likeness (QED) is 0.534. The molecule has 0 atom stereocenters. The number of fused-ring (bicyclic) bond motifs is 1. The van der Waals surface area contributed by atoms with Crippen LogP contribution in [0.25, 0.3) is 0 Å². The van der Waals surface area contributed by atoms with Crippen molar-refractivity contribution in [3.63, 3.8) is 0 Å². The Balaban J connectivity index is 2.08. The molecular formula is C10H9NO3. The topological polar surface area (TPSA) is 47.9 Å². The summed E-state index contributed by atoms with van der Waals surface area (Å²) in [4.78, 5) is 13.3. The Morgan fingerprint density at radius 3 is 3.07 bits per heavy atom. The Morgan fingerprint density at radius 1 is 1.36 bits per heavy atom. The minimum Gasteiger partial charge on any atom is -0.454 e. The molecule has 4 nitrogen and oxygen atoms in total. The van der Waals surface area contributed by atoms with Gasteiger partial charge in [-0.25, -0.2) is 9.79 Å². The zero-order valence-corrected chi connectivity index (χ0v) is 7.53. The third-order valence-electron chi connectivity index (χ3n) is 2.01. The Bertz CT molecular complexity index is 383. The maximum atomic E-state index is 9.85. The number of ether oxygens (including phenoxy) is 2. The van der Waals surface area contributed by atoms with Gasteiger partial charge in [-0.15, -0.1) is 0 Å². The zero-order valence-electron chi connectivity index (χ0n) is 7.53. The van der Waals surface area contributed by atoms with Crippen molar-refractivity contribution in [2.24, 2.45) is 4.99 Å². The van der Waals surface area contributed by atoms with E-state index in [1.807, 2.05) is 18.2 Å². The average molecular weight is 191 g/mol. The molecule has 0 fully saturated rings. The van der Waals surface area contributed by atoms with Crippen molar-refractivity contribution in [1.82, 2.24) is 0 Å². The predicted octanol–water partition coefficient (Wildman–Crippen LogP) is 1.29. The zero-order chi connectivity index (χ0) is 9.80. The van der Waals surface area contributed by atoms with Crippen molar-refractivity contribution >= 4 is 6.08 Å². The van der Waals surface area contributed by atoms with Gasteiger partial charge in [0.25, 0.3) is 0 Å². The first-order chi connectivity index (χ1) is 6.90. The van der Waals surface area contributed by atoms with Gasteiger partial charge in [0, 0.05) is 0 Å². The van der Waals surface area contributed by atoms with Crippen molar-refractivity contribution < 1.29 is 14.3 Å². The normalized spacial score (nSPS) is 12.3. The molecular weight excluding hydrogens is 182 g/mol. The summed E-state index contributed by atoms with van der Waals surface area (Å²) < 4.78 is 10.4. The van der Waals surface area contributed by atoms with E-state index in [4.69, 9.17) is 9.47 Å². The van der Waals surface area contributed by atoms with Crippen molar-refractivity contribution in [2.75, 3.05) is 13.3 Å². The Hall–Kier alpha value is -1.80. The summed E-state index contributed by atoms with van der Waals surface area (Å²) in [7, 11) is 0. The molecule has 4 heteroatoms. The maximum Gasteiger partial charge on any atom is 0.234 e. The minimum absolute atomic E-state index is 0.283. The van der Waals surface area contributed by atoms with Gasteiger partial charge in [0.1, 0.15) is 0 Å². The van der Waals surface area contributed by atoms with E-state index in [2.05, 4.69) is 4.99 Å². The molecule has 2 rings (SSSR count). The molecule has 1 aromatic carbocycles. The van der Waals surface area contributed by atoms with Crippen LogP contribution in [0.4, 0.5) is 0 Å². The summed E-state index contributed by atoms with van der Waals surface area (Å²) in [5.74, 6) is 1.53. The van der Waals surface area contributed by atoms with Crippen LogP contribution in [0.15, 0.2) is 23.2 Å². The van der Waals surface area contributed by atoms with Gasteiger partial charge < -0.3 is 9.47 Å². The van der Waals surface area contributed by atoms with Crippen molar-refractivity contribution in [3.8, 4) is 11.5 Å². The van der Waals surface area contributed by atoms with Gasteiger partial charge in [-0.05, 0) is 24.1 Å². The van der Waals surface area contributed by atoms with E-state index in [0.717, 1.165) is 17.1 Å². The lowest BCUT2D eigenvalue weighted by Gasteiger charge is -1.99. The second-order valence-corrected chi connectivity index (χ2v) is 2.91. The number of benzene rings is 1. The third-order valence-corrected chi connectivity index (χ3v) is 2.01. The molecule has 0 spiro atoms. The number of isocyanates is 1. The highest BCUT2D eigenvalue weighted by Crippen LogP contribution is 2.32. The summed E-state index contributed by atoms with van der Waals surface area (Å²) in [5.41, 5.74) is 1.08. The fourth-order valence-electron chi connectivity index (χ4n) is 1.33. The molecule has 1 aromatic rings.